The van der Waals surface area contributed by atoms with Crippen LogP contribution in [-0.4, -0.2) is 40.7 Å². The molecule has 0 fully saturated rings. The highest BCUT2D eigenvalue weighted by Crippen LogP contribution is 2.10. The van der Waals surface area contributed by atoms with E-state index in [1.165, 1.54) is 32.1 Å². The van der Waals surface area contributed by atoms with E-state index in [4.69, 9.17) is 15.3 Å². The largest absolute Gasteiger partial charge is 0.396 e. The van der Waals surface area contributed by atoms with Crippen LogP contribution in [0.3, 0.4) is 0 Å². The minimum Gasteiger partial charge on any atom is -0.396 e. The van der Waals surface area contributed by atoms with Crippen LogP contribution in [0.15, 0.2) is 0 Å². The molecular formula is C15H31NO4. The fourth-order valence-corrected chi connectivity index (χ4v) is 2.11. The van der Waals surface area contributed by atoms with Crippen molar-refractivity contribution in [3.63, 3.8) is 0 Å². The van der Waals surface area contributed by atoms with Gasteiger partial charge in [-0.2, -0.15) is 0 Å². The molecular weight excluding hydrogens is 258 g/mol. The first-order valence-electron chi connectivity index (χ1n) is 7.90. The normalized spacial score (nSPS) is 11.0. The number of hydrogen-bond donors (Lipinski definition) is 4. The molecule has 4 N–H and O–H groups in total. The van der Waals surface area contributed by atoms with E-state index in [2.05, 4.69) is 5.32 Å². The van der Waals surface area contributed by atoms with E-state index < -0.39 is 6.29 Å². The molecule has 0 heterocycles. The van der Waals surface area contributed by atoms with Crippen LogP contribution < -0.4 is 5.32 Å². The van der Waals surface area contributed by atoms with Gasteiger partial charge in [0.25, 0.3) is 0 Å². The Hall–Kier alpha value is -0.650. The third-order valence-corrected chi connectivity index (χ3v) is 3.30. The predicted octanol–water partition coefficient (Wildman–Crippen LogP) is 1.70. The molecule has 0 saturated carbocycles. The van der Waals surface area contributed by atoms with E-state index in [9.17, 15) is 4.79 Å². The number of aliphatic hydroxyl groups excluding tert-OH is 2. The smallest absolute Gasteiger partial charge is 0.222 e. The summed E-state index contributed by atoms with van der Waals surface area (Å²) in [7, 11) is 0. The van der Waals surface area contributed by atoms with Crippen LogP contribution >= 0.6 is 0 Å². The number of nitrogens with one attached hydrogen (secondary N) is 1. The van der Waals surface area contributed by atoms with Crippen molar-refractivity contribution in [1.82, 2.24) is 5.32 Å². The summed E-state index contributed by atoms with van der Waals surface area (Å²) < 4.78 is 0. The third-order valence-electron chi connectivity index (χ3n) is 3.30. The van der Waals surface area contributed by atoms with Gasteiger partial charge in [-0.05, 0) is 19.3 Å². The Kier molecular flexibility index (Phi) is 14.3. The Morgan fingerprint density at radius 2 is 1.35 bits per heavy atom. The lowest BCUT2D eigenvalue weighted by molar-refractivity contribution is -0.121. The number of carbonyl (C=O) groups excluding carboxylic acids is 1. The zero-order valence-electron chi connectivity index (χ0n) is 12.5. The second kappa shape index (κ2) is 14.8. The lowest BCUT2D eigenvalue weighted by Gasteiger charge is -2.05. The Bertz CT molecular complexity index is 222. The molecule has 0 rings (SSSR count). The van der Waals surface area contributed by atoms with Crippen molar-refractivity contribution in [1.29, 1.82) is 0 Å². The second-order valence-corrected chi connectivity index (χ2v) is 5.27. The highest BCUT2D eigenvalue weighted by atomic mass is 16.5. The van der Waals surface area contributed by atoms with Gasteiger partial charge in [0.1, 0.15) is 0 Å². The molecule has 5 nitrogen and oxygen atoms in total. The monoisotopic (exact) mass is 289 g/mol. The SMILES string of the molecule is O=C(CCO)NCCCCCCCCCCCC(O)O. The lowest BCUT2D eigenvalue weighted by Crippen LogP contribution is -2.24. The summed E-state index contributed by atoms with van der Waals surface area (Å²) in [5.41, 5.74) is 0. The van der Waals surface area contributed by atoms with Gasteiger partial charge in [0.05, 0.1) is 6.61 Å². The van der Waals surface area contributed by atoms with Gasteiger partial charge in [0, 0.05) is 13.0 Å². The first-order chi connectivity index (χ1) is 9.66. The van der Waals surface area contributed by atoms with E-state index in [1.54, 1.807) is 0 Å². The van der Waals surface area contributed by atoms with E-state index in [0.717, 1.165) is 25.7 Å². The maximum atomic E-state index is 11.0. The van der Waals surface area contributed by atoms with Crippen molar-refractivity contribution in [2.45, 2.75) is 76.9 Å². The molecule has 0 atom stereocenters. The van der Waals surface area contributed by atoms with E-state index in [-0.39, 0.29) is 18.9 Å². The van der Waals surface area contributed by atoms with Crippen LogP contribution in [0.1, 0.15) is 70.6 Å². The molecule has 0 bridgehead atoms. The quantitative estimate of drug-likeness (QED) is 0.289. The fourth-order valence-electron chi connectivity index (χ4n) is 2.11. The Morgan fingerprint density at radius 3 is 1.85 bits per heavy atom. The molecule has 5 heteroatoms. The average Bonchev–Trinajstić information content (AvgIpc) is 2.40. The van der Waals surface area contributed by atoms with Crippen LogP contribution in [0.2, 0.25) is 0 Å². The van der Waals surface area contributed by atoms with Gasteiger partial charge < -0.3 is 20.6 Å². The molecule has 0 saturated heterocycles. The lowest BCUT2D eigenvalue weighted by atomic mass is 10.1. The van der Waals surface area contributed by atoms with Gasteiger partial charge >= 0.3 is 0 Å². The molecule has 0 aromatic carbocycles. The van der Waals surface area contributed by atoms with Gasteiger partial charge in [-0.15, -0.1) is 0 Å². The zero-order valence-corrected chi connectivity index (χ0v) is 12.5. The van der Waals surface area contributed by atoms with Gasteiger partial charge in [0.2, 0.25) is 5.91 Å². The first kappa shape index (κ1) is 19.4. The van der Waals surface area contributed by atoms with Gasteiger partial charge in [-0.25, -0.2) is 0 Å². The van der Waals surface area contributed by atoms with Crippen molar-refractivity contribution in [2.24, 2.45) is 0 Å². The van der Waals surface area contributed by atoms with Crippen LogP contribution in [0.5, 0.6) is 0 Å². The van der Waals surface area contributed by atoms with Crippen molar-refractivity contribution < 1.29 is 20.1 Å². The number of aliphatic hydroxyl groups is 3. The zero-order chi connectivity index (χ0) is 15.1. The van der Waals surface area contributed by atoms with E-state index in [0.29, 0.717) is 13.0 Å². The summed E-state index contributed by atoms with van der Waals surface area (Å²) in [6.07, 6.45) is 9.71. The van der Waals surface area contributed by atoms with Gasteiger partial charge in [-0.1, -0.05) is 44.9 Å². The van der Waals surface area contributed by atoms with Crippen LogP contribution in [0.25, 0.3) is 0 Å². The molecule has 0 aromatic rings. The number of unbranched alkanes of at least 4 members (excludes halogenated alkanes) is 8. The van der Waals surface area contributed by atoms with Crippen LogP contribution in [-0.2, 0) is 4.79 Å². The summed E-state index contributed by atoms with van der Waals surface area (Å²) in [5.74, 6) is -0.0690. The molecule has 0 spiro atoms. The molecule has 20 heavy (non-hydrogen) atoms. The standard InChI is InChI=1S/C15H31NO4/c17-13-11-14(18)16-12-9-7-5-3-1-2-4-6-8-10-15(19)20/h15,17,19-20H,1-13H2,(H,16,18). The average molecular weight is 289 g/mol. The molecule has 120 valence electrons. The molecule has 1 amide bonds. The summed E-state index contributed by atoms with van der Waals surface area (Å²) in [6.45, 7) is 0.630. The highest BCUT2D eigenvalue weighted by Gasteiger charge is 1.99. The van der Waals surface area contributed by atoms with Crippen molar-refractivity contribution in [2.75, 3.05) is 13.2 Å². The molecule has 0 aliphatic rings. The minimum absolute atomic E-state index is 0.0690. The number of rotatable bonds is 14. The van der Waals surface area contributed by atoms with E-state index >= 15 is 0 Å². The second-order valence-electron chi connectivity index (χ2n) is 5.27. The predicted molar refractivity (Wildman–Crippen MR) is 79.1 cm³/mol. The fraction of sp³-hybridized carbons (Fsp3) is 0.933. The first-order valence-corrected chi connectivity index (χ1v) is 7.90. The van der Waals surface area contributed by atoms with Crippen LogP contribution in [0, 0.1) is 0 Å². The van der Waals surface area contributed by atoms with Crippen molar-refractivity contribution in [3.05, 3.63) is 0 Å². The number of hydrogen-bond acceptors (Lipinski definition) is 4. The number of carbonyl (C=O) groups is 1. The molecule has 0 radical (unpaired) electrons. The van der Waals surface area contributed by atoms with Gasteiger partial charge in [-0.3, -0.25) is 4.79 Å². The minimum atomic E-state index is -1.15. The summed E-state index contributed by atoms with van der Waals surface area (Å²) in [6, 6.07) is 0. The number of amides is 1. The maximum Gasteiger partial charge on any atom is 0.222 e. The third kappa shape index (κ3) is 15.4. The van der Waals surface area contributed by atoms with Crippen LogP contribution in [0.4, 0.5) is 0 Å². The van der Waals surface area contributed by atoms with Crippen molar-refractivity contribution in [3.8, 4) is 0 Å². The summed E-state index contributed by atoms with van der Waals surface area (Å²) in [4.78, 5) is 11.0. The molecule has 0 unspecified atom stereocenters. The van der Waals surface area contributed by atoms with Crippen molar-refractivity contribution >= 4 is 5.91 Å². The maximum absolute atomic E-state index is 11.0. The molecule has 0 aliphatic heterocycles. The highest BCUT2D eigenvalue weighted by molar-refractivity contribution is 5.75. The van der Waals surface area contributed by atoms with Gasteiger partial charge in [0.15, 0.2) is 6.29 Å². The molecule has 0 aromatic heterocycles. The summed E-state index contributed by atoms with van der Waals surface area (Å²) >= 11 is 0. The Labute approximate surface area is 122 Å². The van der Waals surface area contributed by atoms with E-state index in [1.807, 2.05) is 0 Å². The Morgan fingerprint density at radius 1 is 0.850 bits per heavy atom. The Balaban J connectivity index is 3.04. The topological polar surface area (TPSA) is 89.8 Å². The summed E-state index contributed by atoms with van der Waals surface area (Å²) in [5, 5.41) is 28.7. The molecule has 0 aliphatic carbocycles.